The Bertz CT molecular complexity index is 324. The molecule has 0 saturated carbocycles. The van der Waals surface area contributed by atoms with E-state index in [2.05, 4.69) is 10.4 Å². The number of anilines is 1. The van der Waals surface area contributed by atoms with Crippen LogP contribution in [-0.2, 0) is 11.3 Å². The van der Waals surface area contributed by atoms with Crippen molar-refractivity contribution in [2.45, 2.75) is 31.9 Å². The zero-order valence-corrected chi connectivity index (χ0v) is 8.90. The molecule has 0 spiro atoms. The zero-order valence-electron chi connectivity index (χ0n) is 8.90. The van der Waals surface area contributed by atoms with Crippen molar-refractivity contribution in [3.63, 3.8) is 0 Å². The van der Waals surface area contributed by atoms with Crippen LogP contribution in [0.2, 0.25) is 0 Å². The van der Waals surface area contributed by atoms with E-state index in [4.69, 9.17) is 4.74 Å². The van der Waals surface area contributed by atoms with E-state index in [0.717, 1.165) is 31.7 Å². The van der Waals surface area contributed by atoms with E-state index in [9.17, 15) is 8.78 Å². The van der Waals surface area contributed by atoms with Crippen molar-refractivity contribution in [1.82, 2.24) is 9.78 Å². The number of rotatable bonds is 4. The normalized spacial score (nSPS) is 17.9. The van der Waals surface area contributed by atoms with Crippen LogP contribution in [-0.4, -0.2) is 35.5 Å². The SMILES string of the molecule is FC(F)Cn1cc(NC2CCOCC2)cn1. The molecular formula is C10H15F2N3O. The summed E-state index contributed by atoms with van der Waals surface area (Å²) in [5, 5.41) is 7.13. The molecule has 4 nitrogen and oxygen atoms in total. The van der Waals surface area contributed by atoms with Gasteiger partial charge in [-0.25, -0.2) is 8.78 Å². The number of alkyl halides is 2. The van der Waals surface area contributed by atoms with Gasteiger partial charge in [0.05, 0.1) is 11.9 Å². The molecule has 1 aromatic rings. The molecule has 1 N–H and O–H groups in total. The third-order valence-corrected chi connectivity index (χ3v) is 2.55. The molecular weight excluding hydrogens is 216 g/mol. The molecule has 0 amide bonds. The van der Waals surface area contributed by atoms with Crippen molar-refractivity contribution in [2.24, 2.45) is 0 Å². The molecule has 2 heterocycles. The number of ether oxygens (including phenoxy) is 1. The van der Waals surface area contributed by atoms with Gasteiger partial charge in [0.15, 0.2) is 0 Å². The van der Waals surface area contributed by atoms with Gasteiger partial charge >= 0.3 is 0 Å². The van der Waals surface area contributed by atoms with E-state index in [1.165, 1.54) is 4.68 Å². The summed E-state index contributed by atoms with van der Waals surface area (Å²) in [6, 6.07) is 0.359. The van der Waals surface area contributed by atoms with E-state index < -0.39 is 6.43 Å². The first kappa shape index (κ1) is 11.3. The highest BCUT2D eigenvalue weighted by Gasteiger charge is 2.14. The van der Waals surface area contributed by atoms with E-state index in [1.807, 2.05) is 0 Å². The van der Waals surface area contributed by atoms with E-state index in [-0.39, 0.29) is 6.54 Å². The molecule has 0 radical (unpaired) electrons. The van der Waals surface area contributed by atoms with Crippen LogP contribution in [0, 0.1) is 0 Å². The molecule has 0 aromatic carbocycles. The number of aromatic nitrogens is 2. The molecule has 1 fully saturated rings. The van der Waals surface area contributed by atoms with Gasteiger partial charge in [0.2, 0.25) is 0 Å². The van der Waals surface area contributed by atoms with Gasteiger partial charge in [0, 0.05) is 25.5 Å². The van der Waals surface area contributed by atoms with Crippen molar-refractivity contribution in [3.8, 4) is 0 Å². The summed E-state index contributed by atoms with van der Waals surface area (Å²) in [5.41, 5.74) is 0.799. The molecule has 0 atom stereocenters. The average molecular weight is 231 g/mol. The maximum absolute atomic E-state index is 12.1. The summed E-state index contributed by atoms with van der Waals surface area (Å²) in [4.78, 5) is 0. The summed E-state index contributed by atoms with van der Waals surface area (Å²) in [6.07, 6.45) is 2.72. The van der Waals surface area contributed by atoms with Crippen LogP contribution in [0.15, 0.2) is 12.4 Å². The molecule has 90 valence electrons. The fourth-order valence-corrected chi connectivity index (χ4v) is 1.76. The number of nitrogens with one attached hydrogen (secondary N) is 1. The number of hydrogen-bond donors (Lipinski definition) is 1. The van der Waals surface area contributed by atoms with Crippen molar-refractivity contribution >= 4 is 5.69 Å². The predicted molar refractivity (Wildman–Crippen MR) is 55.7 cm³/mol. The van der Waals surface area contributed by atoms with E-state index >= 15 is 0 Å². The Morgan fingerprint density at radius 3 is 2.94 bits per heavy atom. The number of hydrogen-bond acceptors (Lipinski definition) is 3. The molecule has 1 aromatic heterocycles. The Morgan fingerprint density at radius 1 is 1.50 bits per heavy atom. The van der Waals surface area contributed by atoms with Crippen LogP contribution in [0.1, 0.15) is 12.8 Å². The topological polar surface area (TPSA) is 39.1 Å². The van der Waals surface area contributed by atoms with E-state index in [0.29, 0.717) is 6.04 Å². The third-order valence-electron chi connectivity index (χ3n) is 2.55. The standard InChI is InChI=1S/C10H15F2N3O/c11-10(12)7-15-6-9(5-13-15)14-8-1-3-16-4-2-8/h5-6,8,10,14H,1-4,7H2. The first-order valence-electron chi connectivity index (χ1n) is 5.39. The van der Waals surface area contributed by atoms with E-state index in [1.54, 1.807) is 12.4 Å². The Morgan fingerprint density at radius 2 is 2.25 bits per heavy atom. The molecule has 1 saturated heterocycles. The van der Waals surface area contributed by atoms with Gasteiger partial charge in [-0.05, 0) is 12.8 Å². The van der Waals surface area contributed by atoms with Gasteiger partial charge in [-0.15, -0.1) is 0 Å². The van der Waals surface area contributed by atoms with Gasteiger partial charge in [0.25, 0.3) is 6.43 Å². The lowest BCUT2D eigenvalue weighted by Crippen LogP contribution is -2.27. The maximum Gasteiger partial charge on any atom is 0.257 e. The number of nitrogens with zero attached hydrogens (tertiary/aromatic N) is 2. The fourth-order valence-electron chi connectivity index (χ4n) is 1.76. The Balaban J connectivity index is 1.86. The minimum absolute atomic E-state index is 0.352. The van der Waals surface area contributed by atoms with Gasteiger partial charge in [-0.1, -0.05) is 0 Å². The molecule has 16 heavy (non-hydrogen) atoms. The first-order chi connectivity index (χ1) is 7.74. The highest BCUT2D eigenvalue weighted by Crippen LogP contribution is 2.14. The lowest BCUT2D eigenvalue weighted by atomic mass is 10.1. The van der Waals surface area contributed by atoms with Gasteiger partial charge < -0.3 is 10.1 Å². The molecule has 6 heteroatoms. The fraction of sp³-hybridized carbons (Fsp3) is 0.700. The Kier molecular flexibility index (Phi) is 3.71. The predicted octanol–water partition coefficient (Wildman–Crippen LogP) is 1.74. The van der Waals surface area contributed by atoms with Crippen LogP contribution in [0.4, 0.5) is 14.5 Å². The van der Waals surface area contributed by atoms with Crippen LogP contribution in [0.25, 0.3) is 0 Å². The summed E-state index contributed by atoms with van der Waals surface area (Å²) < 4.78 is 30.7. The van der Waals surface area contributed by atoms with Crippen molar-refractivity contribution < 1.29 is 13.5 Å². The van der Waals surface area contributed by atoms with Crippen LogP contribution in [0.3, 0.4) is 0 Å². The third kappa shape index (κ3) is 3.16. The quantitative estimate of drug-likeness (QED) is 0.857. The maximum atomic E-state index is 12.1. The van der Waals surface area contributed by atoms with Gasteiger partial charge in [-0.2, -0.15) is 5.10 Å². The summed E-state index contributed by atoms with van der Waals surface area (Å²) >= 11 is 0. The molecule has 0 unspecified atom stereocenters. The highest BCUT2D eigenvalue weighted by molar-refractivity contribution is 5.39. The summed E-state index contributed by atoms with van der Waals surface area (Å²) in [6.45, 7) is 1.15. The lowest BCUT2D eigenvalue weighted by molar-refractivity contribution is 0.0904. The van der Waals surface area contributed by atoms with Crippen LogP contribution < -0.4 is 5.32 Å². The second-order valence-corrected chi connectivity index (χ2v) is 3.87. The molecule has 0 bridgehead atoms. The van der Waals surface area contributed by atoms with Crippen molar-refractivity contribution in [2.75, 3.05) is 18.5 Å². The smallest absolute Gasteiger partial charge is 0.257 e. The van der Waals surface area contributed by atoms with Crippen molar-refractivity contribution in [1.29, 1.82) is 0 Å². The number of halogens is 2. The molecule has 1 aliphatic heterocycles. The zero-order chi connectivity index (χ0) is 11.4. The Hall–Kier alpha value is -1.17. The second kappa shape index (κ2) is 5.25. The van der Waals surface area contributed by atoms with Gasteiger partial charge in [-0.3, -0.25) is 4.68 Å². The minimum atomic E-state index is -2.36. The largest absolute Gasteiger partial charge is 0.381 e. The first-order valence-corrected chi connectivity index (χ1v) is 5.39. The van der Waals surface area contributed by atoms with Crippen LogP contribution >= 0.6 is 0 Å². The van der Waals surface area contributed by atoms with Crippen molar-refractivity contribution in [3.05, 3.63) is 12.4 Å². The summed E-state index contributed by atoms with van der Waals surface area (Å²) in [7, 11) is 0. The highest BCUT2D eigenvalue weighted by atomic mass is 19.3. The second-order valence-electron chi connectivity index (χ2n) is 3.87. The Labute approximate surface area is 92.6 Å². The molecule has 0 aliphatic carbocycles. The lowest BCUT2D eigenvalue weighted by Gasteiger charge is -2.23. The monoisotopic (exact) mass is 231 g/mol. The summed E-state index contributed by atoms with van der Waals surface area (Å²) in [5.74, 6) is 0. The molecule has 1 aliphatic rings. The average Bonchev–Trinajstić information content (AvgIpc) is 2.66. The minimum Gasteiger partial charge on any atom is -0.381 e. The molecule has 2 rings (SSSR count). The van der Waals surface area contributed by atoms with Crippen LogP contribution in [0.5, 0.6) is 0 Å². The van der Waals surface area contributed by atoms with Gasteiger partial charge in [0.1, 0.15) is 6.54 Å².